The van der Waals surface area contributed by atoms with Crippen molar-refractivity contribution >= 4 is 82.7 Å². The minimum absolute atomic E-state index is 0.0657. The Morgan fingerprint density at radius 2 is 1.14 bits per heavy atom. The van der Waals surface area contributed by atoms with E-state index in [-0.39, 0.29) is 24.5 Å². The topological polar surface area (TPSA) is 319 Å². The van der Waals surface area contributed by atoms with Crippen LogP contribution in [-0.2, 0) is 54.4 Å². The standard InChI is InChI=1S/C50H59N7O13S/c1-28(58)51-38(26-41(61)62)47(66)55-37(25-33-24-32-19-11-12-20-34(32)52-33)48(67)57-43(42(30-15-7-3-8-16-30)31-17-9-4-10-18-31)49(68)53-35(21-22-40(59)60)45(64)54-36(23-29-13-5-2-6-14-29)46(65)56-39(27-71)44(63)50(69)70/h3-4,7-12,15-20,24,29,35-39,42-43,52,71H,2,5-6,13-14,21-23,25-27H2,1H3,(H,51,58)(H,53,68)(H,54,64)(H,55,66)(H,56,65)(H,57,67)(H,59,60)(H,61,62)(H,69,70)/t35-,36-,37-,38-,39-,43-/m0/s1. The summed E-state index contributed by atoms with van der Waals surface area (Å²) in [4.78, 5) is 135. The SMILES string of the molecule is CC(=O)N[C@@H](CC(=O)O)C(=O)N[C@@H](Cc1cc2ccccc2[nH]1)C(=O)N[C@H](C(=O)N[C@@H](CCC(=O)O)C(=O)N[C@@H](CC1CCCCC1)C(=O)N[C@@H](CS)C(=O)C(=O)O)C(c1ccccc1)c1ccccc1. The Labute approximate surface area is 414 Å². The maximum absolute atomic E-state index is 15.1. The number of fused-ring (bicyclic) bond motifs is 1. The summed E-state index contributed by atoms with van der Waals surface area (Å²) in [5.74, 6) is -12.9. The van der Waals surface area contributed by atoms with Crippen molar-refractivity contribution in [2.45, 2.75) is 113 Å². The number of aliphatic carboxylic acids is 3. The van der Waals surface area contributed by atoms with E-state index in [9.17, 15) is 58.5 Å². The highest BCUT2D eigenvalue weighted by molar-refractivity contribution is 7.80. The molecule has 0 radical (unpaired) electrons. The molecule has 0 unspecified atom stereocenters. The van der Waals surface area contributed by atoms with Crippen LogP contribution in [0.4, 0.5) is 0 Å². The average molecular weight is 998 g/mol. The number of amides is 6. The van der Waals surface area contributed by atoms with Gasteiger partial charge in [0.15, 0.2) is 0 Å². The van der Waals surface area contributed by atoms with Crippen LogP contribution in [0.5, 0.6) is 0 Å². The van der Waals surface area contributed by atoms with Gasteiger partial charge in [0.25, 0.3) is 5.78 Å². The second-order valence-electron chi connectivity index (χ2n) is 17.5. The first-order chi connectivity index (χ1) is 33.9. The monoisotopic (exact) mass is 997 g/mol. The van der Waals surface area contributed by atoms with E-state index in [0.29, 0.717) is 35.2 Å². The molecular weight excluding hydrogens is 939 g/mol. The number of hydrogen-bond donors (Lipinski definition) is 11. The number of rotatable bonds is 26. The zero-order valence-corrected chi connectivity index (χ0v) is 39.8. The molecule has 1 saturated carbocycles. The third-order valence-corrected chi connectivity index (χ3v) is 12.5. The van der Waals surface area contributed by atoms with Gasteiger partial charge < -0.3 is 52.2 Å². The molecule has 0 bridgehead atoms. The summed E-state index contributed by atoms with van der Waals surface area (Å²) in [5, 5.41) is 44.8. The average Bonchev–Trinajstić information content (AvgIpc) is 3.76. The normalized spacial score (nSPS) is 15.1. The highest BCUT2D eigenvalue weighted by Gasteiger charge is 2.39. The number of aromatic nitrogens is 1. The van der Waals surface area contributed by atoms with Crippen LogP contribution in [-0.4, -0.2) is 121 Å². The maximum Gasteiger partial charge on any atom is 0.374 e. The molecule has 6 atom stereocenters. The third kappa shape index (κ3) is 16.3. The molecule has 0 spiro atoms. The summed E-state index contributed by atoms with van der Waals surface area (Å²) >= 11 is 4.04. The van der Waals surface area contributed by atoms with Gasteiger partial charge in [-0.1, -0.05) is 111 Å². The number of Topliss-reactive ketones (excluding diaryl/α,β-unsaturated/α-hetero) is 1. The Morgan fingerprint density at radius 1 is 0.606 bits per heavy atom. The van der Waals surface area contributed by atoms with Crippen molar-refractivity contribution in [2.24, 2.45) is 5.92 Å². The number of carbonyl (C=O) groups is 10. The van der Waals surface area contributed by atoms with E-state index in [1.165, 1.54) is 0 Å². The van der Waals surface area contributed by atoms with Crippen LogP contribution in [0.15, 0.2) is 91.0 Å². The molecular formula is C50H59N7O13S. The smallest absolute Gasteiger partial charge is 0.374 e. The molecule has 10 N–H and O–H groups in total. The maximum atomic E-state index is 15.1. The van der Waals surface area contributed by atoms with Gasteiger partial charge in [0.1, 0.15) is 36.3 Å². The second kappa shape index (κ2) is 26.4. The van der Waals surface area contributed by atoms with Crippen molar-refractivity contribution in [3.63, 3.8) is 0 Å². The van der Waals surface area contributed by atoms with E-state index in [2.05, 4.69) is 49.5 Å². The Balaban J connectivity index is 1.55. The molecule has 3 aromatic carbocycles. The summed E-state index contributed by atoms with van der Waals surface area (Å²) in [6.45, 7) is 1.09. The zero-order valence-electron chi connectivity index (χ0n) is 38.9. The molecule has 20 nitrogen and oxygen atoms in total. The number of ketones is 1. The van der Waals surface area contributed by atoms with Crippen LogP contribution < -0.4 is 31.9 Å². The van der Waals surface area contributed by atoms with Gasteiger partial charge in [0.05, 0.1) is 6.42 Å². The Morgan fingerprint density at radius 3 is 1.70 bits per heavy atom. The number of nitrogens with one attached hydrogen (secondary N) is 7. The molecule has 1 aromatic heterocycles. The van der Waals surface area contributed by atoms with Crippen molar-refractivity contribution in [1.82, 2.24) is 36.9 Å². The van der Waals surface area contributed by atoms with E-state index in [1.807, 2.05) is 6.07 Å². The number of thiol groups is 1. The van der Waals surface area contributed by atoms with Gasteiger partial charge in [-0.25, -0.2) is 4.79 Å². The number of hydrogen-bond acceptors (Lipinski definition) is 11. The summed E-state index contributed by atoms with van der Waals surface area (Å²) in [6, 6.07) is 16.6. The fourth-order valence-electron chi connectivity index (χ4n) is 8.70. The molecule has 4 aromatic rings. The van der Waals surface area contributed by atoms with Crippen molar-refractivity contribution in [2.75, 3.05) is 5.75 Å². The van der Waals surface area contributed by atoms with Gasteiger partial charge in [-0.3, -0.25) is 43.2 Å². The zero-order chi connectivity index (χ0) is 51.6. The summed E-state index contributed by atoms with van der Waals surface area (Å²) in [5.41, 5.74) is 2.16. The first-order valence-electron chi connectivity index (χ1n) is 23.2. The molecule has 5 rings (SSSR count). The van der Waals surface area contributed by atoms with E-state index in [4.69, 9.17) is 0 Å². The molecule has 21 heteroatoms. The summed E-state index contributed by atoms with van der Waals surface area (Å²) in [6.07, 6.45) is 1.93. The molecule has 71 heavy (non-hydrogen) atoms. The minimum atomic E-state index is -1.81. The first-order valence-corrected chi connectivity index (χ1v) is 23.8. The number of para-hydroxylation sites is 1. The summed E-state index contributed by atoms with van der Waals surface area (Å²) in [7, 11) is 0. The number of H-pyrrole nitrogens is 1. The van der Waals surface area contributed by atoms with Gasteiger partial charge >= 0.3 is 17.9 Å². The molecule has 1 heterocycles. The Bertz CT molecular complexity index is 2460. The van der Waals surface area contributed by atoms with Gasteiger partial charge in [-0.2, -0.15) is 12.6 Å². The van der Waals surface area contributed by atoms with Crippen LogP contribution in [0, 0.1) is 5.92 Å². The minimum Gasteiger partial charge on any atom is -0.481 e. The van der Waals surface area contributed by atoms with E-state index < -0.39 is 121 Å². The molecule has 1 fully saturated rings. The van der Waals surface area contributed by atoms with Crippen molar-refractivity contribution < 1.29 is 63.3 Å². The van der Waals surface area contributed by atoms with E-state index in [0.717, 1.165) is 31.6 Å². The Hall–Kier alpha value is -7.55. The Kier molecular flexibility index (Phi) is 20.3. The lowest BCUT2D eigenvalue weighted by Crippen LogP contribution is -2.61. The lowest BCUT2D eigenvalue weighted by molar-refractivity contribution is -0.150. The fourth-order valence-corrected chi connectivity index (χ4v) is 8.96. The van der Waals surface area contributed by atoms with E-state index in [1.54, 1.807) is 84.9 Å². The molecule has 0 saturated heterocycles. The number of aromatic amines is 1. The lowest BCUT2D eigenvalue weighted by Gasteiger charge is -2.32. The predicted octanol–water partition coefficient (Wildman–Crippen LogP) is 2.36. The summed E-state index contributed by atoms with van der Waals surface area (Å²) < 4.78 is 0. The number of benzene rings is 3. The van der Waals surface area contributed by atoms with Gasteiger partial charge in [0.2, 0.25) is 35.4 Å². The second-order valence-corrected chi connectivity index (χ2v) is 17.9. The number of carboxylic acids is 3. The number of carbonyl (C=O) groups excluding carboxylic acids is 7. The highest BCUT2D eigenvalue weighted by Crippen LogP contribution is 2.30. The molecule has 1 aliphatic carbocycles. The van der Waals surface area contributed by atoms with Crippen molar-refractivity contribution in [3.05, 3.63) is 108 Å². The molecule has 378 valence electrons. The predicted molar refractivity (Wildman–Crippen MR) is 261 cm³/mol. The quantitative estimate of drug-likeness (QED) is 0.0319. The van der Waals surface area contributed by atoms with Crippen LogP contribution in [0.2, 0.25) is 0 Å². The van der Waals surface area contributed by atoms with Crippen LogP contribution in [0.3, 0.4) is 0 Å². The van der Waals surface area contributed by atoms with Gasteiger partial charge in [-0.15, -0.1) is 0 Å². The van der Waals surface area contributed by atoms with Gasteiger partial charge in [0, 0.05) is 42.6 Å². The van der Waals surface area contributed by atoms with E-state index >= 15 is 4.79 Å². The molecule has 0 aliphatic heterocycles. The van der Waals surface area contributed by atoms with Crippen LogP contribution >= 0.6 is 12.6 Å². The van der Waals surface area contributed by atoms with Crippen molar-refractivity contribution in [1.29, 1.82) is 0 Å². The number of carboxylic acid groups (broad SMARTS) is 3. The molecule has 6 amide bonds. The first kappa shape index (κ1) is 54.4. The lowest BCUT2D eigenvalue weighted by atomic mass is 9.84. The molecule has 1 aliphatic rings. The van der Waals surface area contributed by atoms with Crippen LogP contribution in [0.25, 0.3) is 10.9 Å². The highest BCUT2D eigenvalue weighted by atomic mass is 32.1. The van der Waals surface area contributed by atoms with Crippen molar-refractivity contribution in [3.8, 4) is 0 Å². The largest absolute Gasteiger partial charge is 0.481 e. The third-order valence-electron chi connectivity index (χ3n) is 12.2. The van der Waals surface area contributed by atoms with Gasteiger partial charge in [-0.05, 0) is 47.4 Å². The fraction of sp³-hybridized carbons (Fsp3) is 0.400. The van der Waals surface area contributed by atoms with Crippen LogP contribution in [0.1, 0.15) is 87.4 Å².